The van der Waals surface area contributed by atoms with Gasteiger partial charge in [0.05, 0.1) is 12.6 Å². The first-order valence-corrected chi connectivity index (χ1v) is 12.3. The molecule has 1 aromatic heterocycles. The van der Waals surface area contributed by atoms with Gasteiger partial charge in [-0.3, -0.25) is 24.1 Å². The highest BCUT2D eigenvalue weighted by Crippen LogP contribution is 2.22. The van der Waals surface area contributed by atoms with E-state index in [2.05, 4.69) is 5.32 Å². The molecule has 2 amide bonds. The molecule has 2 unspecified atom stereocenters. The van der Waals surface area contributed by atoms with Gasteiger partial charge in [-0.15, -0.1) is 0 Å². The summed E-state index contributed by atoms with van der Waals surface area (Å²) in [5.41, 5.74) is 0.924. The van der Waals surface area contributed by atoms with Crippen molar-refractivity contribution in [1.82, 2.24) is 14.9 Å². The van der Waals surface area contributed by atoms with Crippen LogP contribution in [0.25, 0.3) is 0 Å². The van der Waals surface area contributed by atoms with E-state index in [-0.39, 0.29) is 29.8 Å². The van der Waals surface area contributed by atoms with Gasteiger partial charge in [0, 0.05) is 37.1 Å². The Morgan fingerprint density at radius 3 is 2.41 bits per heavy atom. The van der Waals surface area contributed by atoms with Gasteiger partial charge in [-0.25, -0.2) is 0 Å². The van der Waals surface area contributed by atoms with E-state index < -0.39 is 12.1 Å². The molecule has 4 rings (SSSR count). The van der Waals surface area contributed by atoms with E-state index in [0.717, 1.165) is 37.7 Å². The zero-order valence-corrected chi connectivity index (χ0v) is 19.5. The fraction of sp³-hybridized carbons (Fsp3) is 0.500. The molecular formula is C26H34N4O4. The Bertz CT molecular complexity index is 998. The number of aromatic nitrogens is 1. The molecule has 0 bridgehead atoms. The van der Waals surface area contributed by atoms with E-state index in [9.17, 15) is 19.5 Å². The van der Waals surface area contributed by atoms with Crippen LogP contribution in [0.3, 0.4) is 0 Å². The third-order valence-corrected chi connectivity index (χ3v) is 6.84. The van der Waals surface area contributed by atoms with Crippen LogP contribution in [0.1, 0.15) is 50.5 Å². The van der Waals surface area contributed by atoms with E-state index in [1.807, 2.05) is 35.3 Å². The number of carbonyl (C=O) groups excluding carboxylic acids is 2. The number of rotatable bonds is 8. The average molecular weight is 467 g/mol. The Labute approximate surface area is 200 Å². The van der Waals surface area contributed by atoms with Gasteiger partial charge in [0.25, 0.3) is 5.91 Å². The molecule has 0 radical (unpaired) electrons. The number of hydrogen-bond donors (Lipinski definition) is 2. The van der Waals surface area contributed by atoms with Gasteiger partial charge in [0.1, 0.15) is 6.54 Å². The van der Waals surface area contributed by atoms with Crippen molar-refractivity contribution in [3.8, 4) is 0 Å². The molecule has 8 nitrogen and oxygen atoms in total. The molecular weight excluding hydrogens is 432 g/mol. The summed E-state index contributed by atoms with van der Waals surface area (Å²) < 4.78 is 1.74. The first-order chi connectivity index (χ1) is 16.5. The zero-order chi connectivity index (χ0) is 23.9. The summed E-state index contributed by atoms with van der Waals surface area (Å²) in [6.07, 6.45) is 8.67. The Hall–Kier alpha value is -3.13. The van der Waals surface area contributed by atoms with Crippen LogP contribution < -0.4 is 15.8 Å². The van der Waals surface area contributed by atoms with Crippen LogP contribution in [0.15, 0.2) is 59.7 Å². The minimum atomic E-state index is -1.23. The lowest BCUT2D eigenvalue weighted by molar-refractivity contribution is -0.139. The molecule has 2 heterocycles. The molecule has 1 saturated carbocycles. The number of aliphatic hydroxyl groups excluding tert-OH is 1. The molecule has 2 atom stereocenters. The molecule has 182 valence electrons. The highest BCUT2D eigenvalue weighted by molar-refractivity contribution is 5.84. The molecule has 2 N–H and O–H groups in total. The fourth-order valence-electron chi connectivity index (χ4n) is 4.99. The van der Waals surface area contributed by atoms with Gasteiger partial charge < -0.3 is 15.3 Å². The number of carbonyl (C=O) groups is 2. The van der Waals surface area contributed by atoms with Gasteiger partial charge in [0.15, 0.2) is 11.5 Å². The van der Waals surface area contributed by atoms with Crippen LogP contribution in [-0.2, 0) is 16.1 Å². The van der Waals surface area contributed by atoms with Gasteiger partial charge in [0.2, 0.25) is 5.91 Å². The number of pyridine rings is 1. The van der Waals surface area contributed by atoms with Gasteiger partial charge >= 0.3 is 0 Å². The van der Waals surface area contributed by atoms with E-state index >= 15 is 0 Å². The van der Waals surface area contributed by atoms with Crippen molar-refractivity contribution in [3.63, 3.8) is 0 Å². The minimum absolute atomic E-state index is 0.0607. The summed E-state index contributed by atoms with van der Waals surface area (Å²) in [5.74, 6) is -0.528. The topological polar surface area (TPSA) is 94.9 Å². The Kier molecular flexibility index (Phi) is 8.00. The molecule has 1 aromatic carbocycles. The van der Waals surface area contributed by atoms with Crippen LogP contribution in [-0.4, -0.2) is 57.8 Å². The second kappa shape index (κ2) is 11.3. The largest absolute Gasteiger partial charge is 0.381 e. The standard InChI is InChI=1S/C26H34N4O4/c31-22-13-16-28(17-14-22)29(18-20-8-3-1-4-9-20)19-24(32)30-15-7-12-23(30)25(33)26(34)27-21-10-5-2-6-11-21/h1,3-4,8-9,13-14,16-17,21,23,25,33H,2,5-7,10-12,15,18-19H2,(H,27,34). The van der Waals surface area contributed by atoms with Crippen LogP contribution in [0, 0.1) is 0 Å². The van der Waals surface area contributed by atoms with E-state index in [4.69, 9.17) is 0 Å². The summed E-state index contributed by atoms with van der Waals surface area (Å²) in [7, 11) is 0. The smallest absolute Gasteiger partial charge is 0.251 e. The van der Waals surface area contributed by atoms with Crippen LogP contribution in [0.4, 0.5) is 0 Å². The summed E-state index contributed by atoms with van der Waals surface area (Å²) >= 11 is 0. The predicted octanol–water partition coefficient (Wildman–Crippen LogP) is 1.79. The lowest BCUT2D eigenvalue weighted by Crippen LogP contribution is -2.54. The van der Waals surface area contributed by atoms with E-state index in [1.54, 1.807) is 22.0 Å². The normalized spacial score (nSPS) is 19.6. The quantitative estimate of drug-likeness (QED) is 0.619. The Balaban J connectivity index is 1.44. The van der Waals surface area contributed by atoms with Crippen LogP contribution in [0.5, 0.6) is 0 Å². The number of benzene rings is 1. The second-order valence-electron chi connectivity index (χ2n) is 9.31. The summed E-state index contributed by atoms with van der Waals surface area (Å²) in [4.78, 5) is 39.4. The number of hydrogen-bond acceptors (Lipinski definition) is 5. The first-order valence-electron chi connectivity index (χ1n) is 12.3. The predicted molar refractivity (Wildman–Crippen MR) is 130 cm³/mol. The molecule has 2 aliphatic rings. The molecule has 8 heteroatoms. The lowest BCUT2D eigenvalue weighted by atomic mass is 9.95. The SMILES string of the molecule is O=C(NC1CCCCC1)C(O)C1CCCN1C(=O)CN(Cc1ccccc1)n1ccc(=O)cc1. The van der Waals surface area contributed by atoms with E-state index in [0.29, 0.717) is 19.5 Å². The summed E-state index contributed by atoms with van der Waals surface area (Å²) in [6, 6.07) is 12.3. The van der Waals surface area contributed by atoms with Crippen molar-refractivity contribution in [2.75, 3.05) is 18.1 Å². The monoisotopic (exact) mass is 466 g/mol. The molecule has 1 saturated heterocycles. The van der Waals surface area contributed by atoms with Crippen molar-refractivity contribution < 1.29 is 14.7 Å². The van der Waals surface area contributed by atoms with Gasteiger partial charge in [-0.05, 0) is 31.2 Å². The maximum absolute atomic E-state index is 13.4. The second-order valence-corrected chi connectivity index (χ2v) is 9.31. The van der Waals surface area contributed by atoms with E-state index in [1.165, 1.54) is 18.6 Å². The van der Waals surface area contributed by atoms with Crippen molar-refractivity contribution in [2.45, 2.75) is 69.7 Å². The third-order valence-electron chi connectivity index (χ3n) is 6.84. The first kappa shape index (κ1) is 24.0. The molecule has 2 fully saturated rings. The number of likely N-dealkylation sites (tertiary alicyclic amines) is 1. The number of aliphatic hydroxyl groups is 1. The highest BCUT2D eigenvalue weighted by atomic mass is 16.3. The van der Waals surface area contributed by atoms with Gasteiger partial charge in [-0.1, -0.05) is 49.6 Å². The van der Waals surface area contributed by atoms with Crippen LogP contribution >= 0.6 is 0 Å². The zero-order valence-electron chi connectivity index (χ0n) is 19.5. The molecule has 1 aliphatic heterocycles. The van der Waals surface area contributed by atoms with Crippen LogP contribution in [0.2, 0.25) is 0 Å². The van der Waals surface area contributed by atoms with Crippen molar-refractivity contribution in [1.29, 1.82) is 0 Å². The highest BCUT2D eigenvalue weighted by Gasteiger charge is 2.38. The fourth-order valence-corrected chi connectivity index (χ4v) is 4.99. The summed E-state index contributed by atoms with van der Waals surface area (Å²) in [5, 5.41) is 15.7. The molecule has 2 aromatic rings. The van der Waals surface area contributed by atoms with Gasteiger partial charge in [-0.2, -0.15) is 0 Å². The number of nitrogens with one attached hydrogen (secondary N) is 1. The molecule has 0 spiro atoms. The lowest BCUT2D eigenvalue weighted by Gasteiger charge is -2.33. The summed E-state index contributed by atoms with van der Waals surface area (Å²) in [6.45, 7) is 1.05. The average Bonchev–Trinajstić information content (AvgIpc) is 3.35. The number of nitrogens with zero attached hydrogens (tertiary/aromatic N) is 3. The van der Waals surface area contributed by atoms with Crippen molar-refractivity contribution in [2.24, 2.45) is 0 Å². The molecule has 1 aliphatic carbocycles. The minimum Gasteiger partial charge on any atom is -0.381 e. The maximum Gasteiger partial charge on any atom is 0.251 e. The Morgan fingerprint density at radius 1 is 1.00 bits per heavy atom. The maximum atomic E-state index is 13.4. The third kappa shape index (κ3) is 6.05. The van der Waals surface area contributed by atoms with Crippen molar-refractivity contribution >= 4 is 11.8 Å². The number of amides is 2. The molecule has 34 heavy (non-hydrogen) atoms. The van der Waals surface area contributed by atoms with Crippen molar-refractivity contribution in [3.05, 3.63) is 70.6 Å². The Morgan fingerprint density at radius 2 is 1.71 bits per heavy atom.